The molecule has 6 heteroatoms. The van der Waals surface area contributed by atoms with Gasteiger partial charge in [0.2, 0.25) is 5.16 Å². The first-order chi connectivity index (χ1) is 10.6. The van der Waals surface area contributed by atoms with Crippen LogP contribution in [0.1, 0.15) is 53.2 Å². The Morgan fingerprint density at radius 1 is 1.32 bits per heavy atom. The highest BCUT2D eigenvalue weighted by molar-refractivity contribution is 7.99. The van der Waals surface area contributed by atoms with E-state index in [1.807, 2.05) is 36.7 Å². The van der Waals surface area contributed by atoms with Crippen LogP contribution in [0.15, 0.2) is 23.4 Å². The van der Waals surface area contributed by atoms with Crippen LogP contribution in [0.5, 0.6) is 0 Å². The van der Waals surface area contributed by atoms with E-state index < -0.39 is 0 Å². The standard InChI is InChI=1S/C16H20N4OS/c1-11-7-8-12(2)14(9-11)15(21)10-22-16-17-18-19-20(16)13-5-3-4-6-13/h7-9,13H,3-6,10H2,1-2H3. The number of hydrogen-bond acceptors (Lipinski definition) is 5. The van der Waals surface area contributed by atoms with Crippen LogP contribution < -0.4 is 0 Å². The molecule has 2 aromatic rings. The van der Waals surface area contributed by atoms with Gasteiger partial charge in [-0.25, -0.2) is 4.68 Å². The van der Waals surface area contributed by atoms with Gasteiger partial charge in [-0.05, 0) is 48.7 Å². The molecule has 5 nitrogen and oxygen atoms in total. The van der Waals surface area contributed by atoms with Crippen LogP contribution >= 0.6 is 11.8 Å². The van der Waals surface area contributed by atoms with E-state index in [-0.39, 0.29) is 5.78 Å². The fraction of sp³-hybridized carbons (Fsp3) is 0.500. The molecule has 3 rings (SSSR count). The predicted molar refractivity (Wildman–Crippen MR) is 86.3 cm³/mol. The molecule has 0 aliphatic heterocycles. The highest BCUT2D eigenvalue weighted by atomic mass is 32.2. The highest BCUT2D eigenvalue weighted by Gasteiger charge is 2.22. The van der Waals surface area contributed by atoms with Gasteiger partial charge in [-0.15, -0.1) is 5.10 Å². The predicted octanol–water partition coefficient (Wildman–Crippen LogP) is 3.38. The number of Topliss-reactive ketones (excluding diaryl/α,β-unsaturated/α-hetero) is 1. The Bertz CT molecular complexity index is 677. The van der Waals surface area contributed by atoms with Gasteiger partial charge in [0.05, 0.1) is 11.8 Å². The van der Waals surface area contributed by atoms with E-state index in [9.17, 15) is 4.79 Å². The molecule has 22 heavy (non-hydrogen) atoms. The normalized spacial score (nSPS) is 15.4. The van der Waals surface area contributed by atoms with Crippen LogP contribution in [-0.4, -0.2) is 31.7 Å². The number of aromatic nitrogens is 4. The average Bonchev–Trinajstić information content (AvgIpc) is 3.17. The van der Waals surface area contributed by atoms with Crippen molar-refractivity contribution in [2.75, 3.05) is 5.75 Å². The van der Waals surface area contributed by atoms with Gasteiger partial charge in [-0.3, -0.25) is 4.79 Å². The molecular weight excluding hydrogens is 296 g/mol. The minimum Gasteiger partial charge on any atom is -0.293 e. The Hall–Kier alpha value is -1.69. The van der Waals surface area contributed by atoms with Crippen LogP contribution in [0.4, 0.5) is 0 Å². The second-order valence-electron chi connectivity index (χ2n) is 5.87. The molecule has 1 saturated carbocycles. The minimum absolute atomic E-state index is 0.132. The molecule has 1 aliphatic rings. The van der Waals surface area contributed by atoms with Crippen LogP contribution in [0.2, 0.25) is 0 Å². The Kier molecular flexibility index (Phi) is 4.57. The molecule has 0 spiro atoms. The van der Waals surface area contributed by atoms with Gasteiger partial charge < -0.3 is 0 Å². The molecule has 0 N–H and O–H groups in total. The Balaban J connectivity index is 1.69. The molecule has 1 fully saturated rings. The number of ketones is 1. The number of aryl methyl sites for hydroxylation is 2. The van der Waals surface area contributed by atoms with Gasteiger partial charge in [0.15, 0.2) is 5.78 Å². The number of tetrazole rings is 1. The number of carbonyl (C=O) groups is 1. The van der Waals surface area contributed by atoms with E-state index >= 15 is 0 Å². The summed E-state index contributed by atoms with van der Waals surface area (Å²) in [6, 6.07) is 6.38. The quantitative estimate of drug-likeness (QED) is 0.625. The summed E-state index contributed by atoms with van der Waals surface area (Å²) in [4.78, 5) is 12.4. The van der Waals surface area contributed by atoms with Crippen LogP contribution in [0, 0.1) is 13.8 Å². The fourth-order valence-corrected chi connectivity index (χ4v) is 3.73. The maximum Gasteiger partial charge on any atom is 0.210 e. The highest BCUT2D eigenvalue weighted by Crippen LogP contribution is 2.31. The van der Waals surface area contributed by atoms with Crippen molar-refractivity contribution >= 4 is 17.5 Å². The number of rotatable bonds is 5. The molecule has 0 atom stereocenters. The summed E-state index contributed by atoms with van der Waals surface area (Å²) in [5, 5.41) is 12.7. The van der Waals surface area contributed by atoms with Crippen molar-refractivity contribution in [2.45, 2.75) is 50.7 Å². The summed E-state index contributed by atoms with van der Waals surface area (Å²) in [6.45, 7) is 3.98. The van der Waals surface area contributed by atoms with Crippen molar-refractivity contribution < 1.29 is 4.79 Å². The number of nitrogens with zero attached hydrogens (tertiary/aromatic N) is 4. The van der Waals surface area contributed by atoms with Crippen molar-refractivity contribution in [1.82, 2.24) is 20.2 Å². The lowest BCUT2D eigenvalue weighted by molar-refractivity contribution is 0.102. The van der Waals surface area contributed by atoms with E-state index in [1.165, 1.54) is 24.6 Å². The van der Waals surface area contributed by atoms with Crippen molar-refractivity contribution in [3.63, 3.8) is 0 Å². The lowest BCUT2D eigenvalue weighted by Crippen LogP contribution is -2.10. The summed E-state index contributed by atoms with van der Waals surface area (Å²) in [5.74, 6) is 0.504. The summed E-state index contributed by atoms with van der Waals surface area (Å²) in [7, 11) is 0. The van der Waals surface area contributed by atoms with Crippen molar-refractivity contribution in [1.29, 1.82) is 0 Å². The van der Waals surface area contributed by atoms with Gasteiger partial charge in [-0.1, -0.05) is 42.3 Å². The van der Waals surface area contributed by atoms with Crippen molar-refractivity contribution in [3.05, 3.63) is 34.9 Å². The zero-order valence-corrected chi connectivity index (χ0v) is 13.8. The average molecular weight is 316 g/mol. The first-order valence-corrected chi connectivity index (χ1v) is 8.65. The molecule has 1 aromatic heterocycles. The summed E-state index contributed by atoms with van der Waals surface area (Å²) in [5.41, 5.74) is 2.92. The Morgan fingerprint density at radius 2 is 2.09 bits per heavy atom. The van der Waals surface area contributed by atoms with Crippen LogP contribution in [-0.2, 0) is 0 Å². The lowest BCUT2D eigenvalue weighted by atomic mass is 10.0. The maximum absolute atomic E-state index is 12.4. The zero-order chi connectivity index (χ0) is 15.5. The van der Waals surface area contributed by atoms with Crippen LogP contribution in [0.25, 0.3) is 0 Å². The van der Waals surface area contributed by atoms with E-state index in [1.54, 1.807) is 0 Å². The van der Waals surface area contributed by atoms with Crippen molar-refractivity contribution in [2.24, 2.45) is 0 Å². The first-order valence-electron chi connectivity index (χ1n) is 7.66. The molecule has 0 amide bonds. The molecular formula is C16H20N4OS. The number of thioether (sulfide) groups is 1. The van der Waals surface area contributed by atoms with Gasteiger partial charge in [0.1, 0.15) is 0 Å². The fourth-order valence-electron chi connectivity index (χ4n) is 2.90. The summed E-state index contributed by atoms with van der Waals surface area (Å²) < 4.78 is 1.90. The second-order valence-corrected chi connectivity index (χ2v) is 6.82. The minimum atomic E-state index is 0.132. The van der Waals surface area contributed by atoms with E-state index in [0.717, 1.165) is 34.7 Å². The number of hydrogen-bond donors (Lipinski definition) is 0. The smallest absolute Gasteiger partial charge is 0.210 e. The van der Waals surface area contributed by atoms with E-state index in [4.69, 9.17) is 0 Å². The first kappa shape index (κ1) is 15.2. The molecule has 1 aliphatic carbocycles. The molecule has 0 unspecified atom stereocenters. The van der Waals surface area contributed by atoms with Gasteiger partial charge in [0, 0.05) is 5.56 Å². The molecule has 1 heterocycles. The second kappa shape index (κ2) is 6.60. The third-order valence-corrected chi connectivity index (χ3v) is 5.09. The van der Waals surface area contributed by atoms with Gasteiger partial charge in [0.25, 0.3) is 0 Å². The number of carbonyl (C=O) groups excluding carboxylic acids is 1. The third-order valence-electron chi connectivity index (χ3n) is 4.16. The summed E-state index contributed by atoms with van der Waals surface area (Å²) >= 11 is 1.44. The molecule has 0 radical (unpaired) electrons. The lowest BCUT2D eigenvalue weighted by Gasteiger charge is -2.11. The van der Waals surface area contributed by atoms with Gasteiger partial charge in [-0.2, -0.15) is 0 Å². The Morgan fingerprint density at radius 3 is 2.86 bits per heavy atom. The molecule has 1 aromatic carbocycles. The topological polar surface area (TPSA) is 60.7 Å². The summed E-state index contributed by atoms with van der Waals surface area (Å²) in [6.07, 6.45) is 4.72. The molecule has 0 bridgehead atoms. The van der Waals surface area contributed by atoms with Crippen LogP contribution in [0.3, 0.4) is 0 Å². The maximum atomic E-state index is 12.4. The monoisotopic (exact) mass is 316 g/mol. The van der Waals surface area contributed by atoms with Crippen molar-refractivity contribution in [3.8, 4) is 0 Å². The van der Waals surface area contributed by atoms with Gasteiger partial charge >= 0.3 is 0 Å². The SMILES string of the molecule is Cc1ccc(C)c(C(=O)CSc2nnnn2C2CCCC2)c1. The van der Waals surface area contributed by atoms with E-state index in [0.29, 0.717) is 11.8 Å². The Labute approximate surface area is 134 Å². The molecule has 116 valence electrons. The third kappa shape index (κ3) is 3.21. The largest absolute Gasteiger partial charge is 0.293 e. The van der Waals surface area contributed by atoms with E-state index in [2.05, 4.69) is 15.5 Å². The zero-order valence-electron chi connectivity index (χ0n) is 13.0. The number of benzene rings is 1. The molecule has 0 saturated heterocycles.